The average molecular weight is 456 g/mol. The fourth-order valence-corrected chi connectivity index (χ4v) is 5.33. The molecule has 0 bridgehead atoms. The lowest BCUT2D eigenvalue weighted by Gasteiger charge is -2.38. The predicted molar refractivity (Wildman–Crippen MR) is 133 cm³/mol. The van der Waals surface area contributed by atoms with Crippen molar-refractivity contribution in [1.29, 1.82) is 0 Å². The molecule has 32 heavy (non-hydrogen) atoms. The van der Waals surface area contributed by atoms with Crippen LogP contribution in [0.5, 0.6) is 0 Å². The van der Waals surface area contributed by atoms with Crippen molar-refractivity contribution in [3.8, 4) is 0 Å². The zero-order chi connectivity index (χ0) is 22.6. The van der Waals surface area contributed by atoms with Gasteiger partial charge < -0.3 is 15.5 Å². The van der Waals surface area contributed by atoms with Crippen molar-refractivity contribution in [3.05, 3.63) is 47.4 Å². The lowest BCUT2D eigenvalue weighted by Crippen LogP contribution is -2.43. The Kier molecular flexibility index (Phi) is 7.23. The van der Waals surface area contributed by atoms with E-state index in [1.54, 1.807) is 12.1 Å². The van der Waals surface area contributed by atoms with E-state index in [0.29, 0.717) is 23.5 Å². The van der Waals surface area contributed by atoms with Gasteiger partial charge in [-0.15, -0.1) is 0 Å². The standard InChI is InChI=1S/C25H34FN5S/c1-18-7-6-14-31(16-18)22-15-19(2)28-23(29-22)30-24(32)27-17-25(12-4-3-5-13-25)20-8-10-21(26)11-9-20/h8-11,15,18H,3-7,12-14,16-17H2,1-2H3,(H2,27,28,29,30,32). The quantitative estimate of drug-likeness (QED) is 0.593. The highest BCUT2D eigenvalue weighted by Crippen LogP contribution is 2.39. The zero-order valence-electron chi connectivity index (χ0n) is 19.2. The molecule has 0 amide bonds. The number of benzene rings is 1. The molecule has 2 N–H and O–H groups in total. The molecule has 0 spiro atoms. The topological polar surface area (TPSA) is 53.1 Å². The smallest absolute Gasteiger partial charge is 0.231 e. The van der Waals surface area contributed by atoms with Gasteiger partial charge >= 0.3 is 0 Å². The minimum atomic E-state index is -0.194. The maximum absolute atomic E-state index is 13.5. The van der Waals surface area contributed by atoms with Gasteiger partial charge in [-0.1, -0.05) is 38.3 Å². The lowest BCUT2D eigenvalue weighted by molar-refractivity contribution is 0.292. The molecule has 1 atom stereocenters. The van der Waals surface area contributed by atoms with Gasteiger partial charge in [0.1, 0.15) is 11.6 Å². The Balaban J connectivity index is 1.43. The molecule has 1 aromatic carbocycles. The third kappa shape index (κ3) is 5.55. The predicted octanol–water partition coefficient (Wildman–Crippen LogP) is 5.35. The summed E-state index contributed by atoms with van der Waals surface area (Å²) in [7, 11) is 0. The van der Waals surface area contributed by atoms with Crippen molar-refractivity contribution in [3.63, 3.8) is 0 Å². The van der Waals surface area contributed by atoms with Crippen LogP contribution in [-0.4, -0.2) is 34.7 Å². The maximum Gasteiger partial charge on any atom is 0.231 e. The Morgan fingerprint density at radius 2 is 1.91 bits per heavy atom. The van der Waals surface area contributed by atoms with Crippen LogP contribution in [0, 0.1) is 18.7 Å². The number of halogens is 1. The van der Waals surface area contributed by atoms with Crippen LogP contribution >= 0.6 is 12.2 Å². The van der Waals surface area contributed by atoms with Crippen molar-refractivity contribution < 1.29 is 4.39 Å². The first kappa shape index (κ1) is 22.9. The summed E-state index contributed by atoms with van der Waals surface area (Å²) in [5, 5.41) is 7.14. The van der Waals surface area contributed by atoms with Gasteiger partial charge in [0.05, 0.1) is 0 Å². The van der Waals surface area contributed by atoms with E-state index in [2.05, 4.69) is 27.4 Å². The van der Waals surface area contributed by atoms with Crippen molar-refractivity contribution in [1.82, 2.24) is 15.3 Å². The molecule has 7 heteroatoms. The van der Waals surface area contributed by atoms with Gasteiger partial charge in [0.2, 0.25) is 5.95 Å². The van der Waals surface area contributed by atoms with E-state index >= 15 is 0 Å². The molecular weight excluding hydrogens is 421 g/mol. The number of aryl methyl sites for hydroxylation is 1. The number of piperidine rings is 1. The number of hydrogen-bond acceptors (Lipinski definition) is 4. The number of rotatable bonds is 5. The molecule has 172 valence electrons. The van der Waals surface area contributed by atoms with Gasteiger partial charge in [0, 0.05) is 36.8 Å². The normalized spacial score (nSPS) is 20.6. The van der Waals surface area contributed by atoms with E-state index in [4.69, 9.17) is 17.2 Å². The average Bonchev–Trinajstić information content (AvgIpc) is 2.78. The first-order valence-corrected chi connectivity index (χ1v) is 12.3. The number of aromatic nitrogens is 2. The van der Waals surface area contributed by atoms with Gasteiger partial charge in [-0.25, -0.2) is 9.37 Å². The van der Waals surface area contributed by atoms with Crippen LogP contribution in [0.2, 0.25) is 0 Å². The highest BCUT2D eigenvalue weighted by molar-refractivity contribution is 7.80. The molecule has 1 aliphatic heterocycles. The fraction of sp³-hybridized carbons (Fsp3) is 0.560. The Morgan fingerprint density at radius 3 is 2.62 bits per heavy atom. The Morgan fingerprint density at radius 1 is 1.16 bits per heavy atom. The summed E-state index contributed by atoms with van der Waals surface area (Å²) in [6.45, 7) is 7.06. The second-order valence-electron chi connectivity index (χ2n) is 9.54. The summed E-state index contributed by atoms with van der Waals surface area (Å²) < 4.78 is 13.5. The van der Waals surface area contributed by atoms with Crippen molar-refractivity contribution >= 4 is 29.1 Å². The molecule has 1 unspecified atom stereocenters. The Hall–Kier alpha value is -2.28. The first-order valence-electron chi connectivity index (χ1n) is 11.9. The molecule has 1 aromatic heterocycles. The zero-order valence-corrected chi connectivity index (χ0v) is 20.0. The van der Waals surface area contributed by atoms with Crippen LogP contribution in [0.3, 0.4) is 0 Å². The van der Waals surface area contributed by atoms with Crippen LogP contribution < -0.4 is 15.5 Å². The third-order valence-electron chi connectivity index (χ3n) is 6.90. The SMILES string of the molecule is Cc1cc(N2CCCC(C)C2)nc(NC(=S)NCC2(c3ccc(F)cc3)CCCCC2)n1. The lowest BCUT2D eigenvalue weighted by atomic mass is 9.69. The first-order chi connectivity index (χ1) is 15.4. The molecule has 1 saturated carbocycles. The second kappa shape index (κ2) is 10.1. The molecule has 2 aromatic rings. The molecule has 4 rings (SSSR count). The fourth-order valence-electron chi connectivity index (χ4n) is 5.16. The Labute approximate surface area is 196 Å². The summed E-state index contributed by atoms with van der Waals surface area (Å²) in [6.07, 6.45) is 8.23. The molecular formula is C25H34FN5S. The van der Waals surface area contributed by atoms with Crippen LogP contribution in [0.25, 0.3) is 0 Å². The Bertz CT molecular complexity index is 926. The molecule has 1 saturated heterocycles. The van der Waals surface area contributed by atoms with Crippen molar-refractivity contribution in [2.45, 2.75) is 64.2 Å². The van der Waals surface area contributed by atoms with Crippen molar-refractivity contribution in [2.24, 2.45) is 5.92 Å². The molecule has 5 nitrogen and oxygen atoms in total. The second-order valence-corrected chi connectivity index (χ2v) is 9.95. The van der Waals surface area contributed by atoms with Crippen LogP contribution in [-0.2, 0) is 5.41 Å². The van der Waals surface area contributed by atoms with E-state index in [1.807, 2.05) is 25.1 Å². The van der Waals surface area contributed by atoms with Crippen LogP contribution in [0.15, 0.2) is 30.3 Å². The number of nitrogens with zero attached hydrogens (tertiary/aromatic N) is 3. The van der Waals surface area contributed by atoms with Gasteiger partial charge in [-0.05, 0) is 68.4 Å². The van der Waals surface area contributed by atoms with Gasteiger partial charge in [0.15, 0.2) is 5.11 Å². The van der Waals surface area contributed by atoms with E-state index in [0.717, 1.165) is 37.4 Å². The van der Waals surface area contributed by atoms with E-state index in [-0.39, 0.29) is 11.2 Å². The van der Waals surface area contributed by atoms with Gasteiger partial charge in [-0.3, -0.25) is 0 Å². The summed E-state index contributed by atoms with van der Waals surface area (Å²) in [5.41, 5.74) is 2.08. The molecule has 2 aliphatic rings. The minimum absolute atomic E-state index is 0.0275. The highest BCUT2D eigenvalue weighted by atomic mass is 32.1. The maximum atomic E-state index is 13.5. The summed E-state index contributed by atoms with van der Waals surface area (Å²) in [6, 6.07) is 9.02. The number of nitrogens with one attached hydrogen (secondary N) is 2. The number of hydrogen-bond donors (Lipinski definition) is 2. The monoisotopic (exact) mass is 455 g/mol. The van der Waals surface area contributed by atoms with E-state index in [1.165, 1.54) is 37.7 Å². The summed E-state index contributed by atoms with van der Waals surface area (Å²) in [5.74, 6) is 1.98. The minimum Gasteiger partial charge on any atom is -0.361 e. The van der Waals surface area contributed by atoms with E-state index < -0.39 is 0 Å². The summed E-state index contributed by atoms with van der Waals surface area (Å²) in [4.78, 5) is 11.6. The molecule has 2 fully saturated rings. The van der Waals surface area contributed by atoms with Crippen LogP contribution in [0.1, 0.15) is 63.1 Å². The summed E-state index contributed by atoms with van der Waals surface area (Å²) >= 11 is 5.61. The highest BCUT2D eigenvalue weighted by Gasteiger charge is 2.34. The van der Waals surface area contributed by atoms with Crippen molar-refractivity contribution in [2.75, 3.05) is 29.9 Å². The largest absolute Gasteiger partial charge is 0.361 e. The number of thiocarbonyl (C=S) groups is 1. The molecule has 0 radical (unpaired) electrons. The third-order valence-corrected chi connectivity index (χ3v) is 7.15. The van der Waals surface area contributed by atoms with Crippen LogP contribution in [0.4, 0.5) is 16.2 Å². The molecule has 2 heterocycles. The molecule has 1 aliphatic carbocycles. The van der Waals surface area contributed by atoms with Gasteiger partial charge in [-0.2, -0.15) is 4.98 Å². The number of anilines is 2. The van der Waals surface area contributed by atoms with Gasteiger partial charge in [0.25, 0.3) is 0 Å². The van der Waals surface area contributed by atoms with E-state index in [9.17, 15) is 4.39 Å².